The lowest BCUT2D eigenvalue weighted by Gasteiger charge is -2.20. The zero-order chi connectivity index (χ0) is 19.9. The summed E-state index contributed by atoms with van der Waals surface area (Å²) in [5.74, 6) is 1.12. The van der Waals surface area contributed by atoms with Crippen molar-refractivity contribution < 1.29 is 9.84 Å². The maximum absolute atomic E-state index is 10.6. The van der Waals surface area contributed by atoms with E-state index in [1.165, 1.54) is 0 Å². The van der Waals surface area contributed by atoms with Crippen LogP contribution in [-0.4, -0.2) is 47.1 Å². The fourth-order valence-corrected chi connectivity index (χ4v) is 2.64. The number of hydrogen-bond acceptors (Lipinski definition) is 4. The van der Waals surface area contributed by atoms with E-state index in [0.29, 0.717) is 47.0 Å². The van der Waals surface area contributed by atoms with Gasteiger partial charge in [0, 0.05) is 25.4 Å². The second-order valence-electron chi connectivity index (χ2n) is 6.20. The molecule has 0 amide bonds. The summed E-state index contributed by atoms with van der Waals surface area (Å²) >= 11 is 12.1. The zero-order valence-corrected chi connectivity index (χ0v) is 17.2. The minimum atomic E-state index is -1.11. The Morgan fingerprint density at radius 2 is 2.15 bits per heavy atom. The van der Waals surface area contributed by atoms with Gasteiger partial charge in [-0.15, -0.1) is 0 Å². The van der Waals surface area contributed by atoms with Crippen molar-refractivity contribution in [3.63, 3.8) is 0 Å². The van der Waals surface area contributed by atoms with Crippen molar-refractivity contribution in [3.8, 4) is 5.75 Å². The van der Waals surface area contributed by atoms with Crippen molar-refractivity contribution in [3.05, 3.63) is 46.2 Å². The van der Waals surface area contributed by atoms with Crippen LogP contribution in [0.4, 0.5) is 0 Å². The molecule has 0 aliphatic rings. The predicted molar refractivity (Wildman–Crippen MR) is 109 cm³/mol. The number of guanidine groups is 1. The van der Waals surface area contributed by atoms with Crippen molar-refractivity contribution >= 4 is 29.2 Å². The van der Waals surface area contributed by atoms with Gasteiger partial charge in [-0.05, 0) is 26.0 Å². The van der Waals surface area contributed by atoms with Crippen LogP contribution in [-0.2, 0) is 12.6 Å². The number of rotatable bonds is 8. The molecule has 148 valence electrons. The molecule has 0 aliphatic carbocycles. The van der Waals surface area contributed by atoms with Crippen LogP contribution in [0.25, 0.3) is 0 Å². The summed E-state index contributed by atoms with van der Waals surface area (Å²) in [5, 5.41) is 21.9. The molecule has 7 nitrogen and oxygen atoms in total. The van der Waals surface area contributed by atoms with Crippen LogP contribution in [0.5, 0.6) is 5.75 Å². The average molecular weight is 414 g/mol. The number of ether oxygens (including phenoxy) is 1. The monoisotopic (exact) mass is 413 g/mol. The van der Waals surface area contributed by atoms with Crippen molar-refractivity contribution in [2.24, 2.45) is 12.0 Å². The number of aliphatic imine (C=N–C) groups is 1. The molecule has 0 bridgehead atoms. The molecule has 1 heterocycles. The van der Waals surface area contributed by atoms with E-state index in [-0.39, 0.29) is 6.54 Å². The first-order valence-electron chi connectivity index (χ1n) is 8.64. The normalized spacial score (nSPS) is 13.9. The number of hydrogen-bond donors (Lipinski definition) is 3. The van der Waals surface area contributed by atoms with Gasteiger partial charge in [-0.25, -0.2) is 4.99 Å². The number of benzene rings is 1. The summed E-state index contributed by atoms with van der Waals surface area (Å²) in [6.45, 7) is 5.45. The van der Waals surface area contributed by atoms with Gasteiger partial charge in [0.2, 0.25) is 0 Å². The fraction of sp³-hybridized carbons (Fsp3) is 0.444. The molecule has 3 N–H and O–H groups in total. The van der Waals surface area contributed by atoms with Gasteiger partial charge in [-0.1, -0.05) is 29.3 Å². The van der Waals surface area contributed by atoms with Gasteiger partial charge in [0.15, 0.2) is 5.96 Å². The second kappa shape index (κ2) is 9.82. The topological polar surface area (TPSA) is 83.7 Å². The molecule has 1 aromatic carbocycles. The number of nitrogens with zero attached hydrogens (tertiary/aromatic N) is 3. The van der Waals surface area contributed by atoms with Gasteiger partial charge in [0.05, 0.1) is 24.3 Å². The van der Waals surface area contributed by atoms with Gasteiger partial charge < -0.3 is 20.5 Å². The van der Waals surface area contributed by atoms with Gasteiger partial charge in [0.1, 0.15) is 23.0 Å². The molecular weight excluding hydrogens is 389 g/mol. The van der Waals surface area contributed by atoms with Crippen LogP contribution >= 0.6 is 23.2 Å². The van der Waals surface area contributed by atoms with E-state index in [1.807, 2.05) is 6.92 Å². The Hall–Kier alpha value is -1.96. The van der Waals surface area contributed by atoms with Crippen LogP contribution in [0.2, 0.25) is 10.0 Å². The van der Waals surface area contributed by atoms with Crippen LogP contribution in [0.3, 0.4) is 0 Å². The molecule has 0 radical (unpaired) electrons. The Balaban J connectivity index is 1.89. The number of aryl methyl sites for hydroxylation is 1. The smallest absolute Gasteiger partial charge is 0.191 e. The van der Waals surface area contributed by atoms with Crippen LogP contribution < -0.4 is 15.4 Å². The molecule has 1 unspecified atom stereocenters. The molecule has 1 aromatic heterocycles. The number of halogens is 2. The van der Waals surface area contributed by atoms with Gasteiger partial charge in [0.25, 0.3) is 0 Å². The van der Waals surface area contributed by atoms with E-state index in [0.717, 1.165) is 0 Å². The molecule has 0 fully saturated rings. The van der Waals surface area contributed by atoms with Crippen molar-refractivity contribution in [2.45, 2.75) is 19.4 Å². The largest absolute Gasteiger partial charge is 0.490 e. The Kier molecular flexibility index (Phi) is 7.77. The summed E-state index contributed by atoms with van der Waals surface area (Å²) in [5.41, 5.74) is -0.398. The fourth-order valence-electron chi connectivity index (χ4n) is 2.29. The third kappa shape index (κ3) is 6.30. The highest BCUT2D eigenvalue weighted by atomic mass is 35.5. The minimum absolute atomic E-state index is 0.189. The molecule has 27 heavy (non-hydrogen) atoms. The molecule has 0 saturated heterocycles. The van der Waals surface area contributed by atoms with E-state index in [9.17, 15) is 5.11 Å². The summed E-state index contributed by atoms with van der Waals surface area (Å²) < 4.78 is 7.29. The maximum atomic E-state index is 10.6. The SMILES string of the molecule is CCNC(=NCC(C)(O)c1cnn(C)c1)NCCOc1cccc(Cl)c1Cl. The Morgan fingerprint density at radius 3 is 2.81 bits per heavy atom. The van der Waals surface area contributed by atoms with Crippen LogP contribution in [0.1, 0.15) is 19.4 Å². The van der Waals surface area contributed by atoms with E-state index < -0.39 is 5.60 Å². The van der Waals surface area contributed by atoms with E-state index in [4.69, 9.17) is 27.9 Å². The molecule has 2 rings (SSSR count). The quantitative estimate of drug-likeness (QED) is 0.351. The Morgan fingerprint density at radius 1 is 1.37 bits per heavy atom. The number of nitrogens with one attached hydrogen (secondary N) is 2. The summed E-state index contributed by atoms with van der Waals surface area (Å²) in [4.78, 5) is 4.45. The lowest BCUT2D eigenvalue weighted by Crippen LogP contribution is -2.40. The third-order valence-electron chi connectivity index (χ3n) is 3.78. The minimum Gasteiger partial charge on any atom is -0.490 e. The summed E-state index contributed by atoms with van der Waals surface area (Å²) in [7, 11) is 1.81. The molecule has 9 heteroatoms. The molecule has 0 saturated carbocycles. The van der Waals surface area contributed by atoms with Crippen LogP contribution in [0, 0.1) is 0 Å². The highest BCUT2D eigenvalue weighted by molar-refractivity contribution is 6.42. The first-order chi connectivity index (χ1) is 12.8. The van der Waals surface area contributed by atoms with E-state index in [2.05, 4.69) is 20.7 Å². The molecule has 0 spiro atoms. The van der Waals surface area contributed by atoms with Crippen molar-refractivity contribution in [1.82, 2.24) is 20.4 Å². The first-order valence-corrected chi connectivity index (χ1v) is 9.39. The second-order valence-corrected chi connectivity index (χ2v) is 6.98. The van der Waals surface area contributed by atoms with Gasteiger partial charge >= 0.3 is 0 Å². The van der Waals surface area contributed by atoms with E-state index in [1.54, 1.807) is 49.2 Å². The summed E-state index contributed by atoms with van der Waals surface area (Å²) in [6, 6.07) is 5.25. The van der Waals surface area contributed by atoms with Crippen molar-refractivity contribution in [1.29, 1.82) is 0 Å². The Labute approximate surface area is 169 Å². The van der Waals surface area contributed by atoms with Crippen molar-refractivity contribution in [2.75, 3.05) is 26.2 Å². The van der Waals surface area contributed by atoms with E-state index >= 15 is 0 Å². The first kappa shape index (κ1) is 21.3. The highest BCUT2D eigenvalue weighted by Crippen LogP contribution is 2.31. The number of aromatic nitrogens is 2. The lowest BCUT2D eigenvalue weighted by molar-refractivity contribution is 0.0672. The zero-order valence-electron chi connectivity index (χ0n) is 15.7. The lowest BCUT2D eigenvalue weighted by atomic mass is 10.0. The predicted octanol–water partition coefficient (Wildman–Crippen LogP) is 2.57. The number of aliphatic hydroxyl groups is 1. The van der Waals surface area contributed by atoms with Gasteiger partial charge in [-0.2, -0.15) is 5.10 Å². The third-order valence-corrected chi connectivity index (χ3v) is 4.59. The van der Waals surface area contributed by atoms with Crippen LogP contribution in [0.15, 0.2) is 35.6 Å². The Bertz CT molecular complexity index is 777. The average Bonchev–Trinajstić information content (AvgIpc) is 3.07. The molecule has 1 atom stereocenters. The maximum Gasteiger partial charge on any atom is 0.191 e. The molecule has 0 aliphatic heterocycles. The molecule has 2 aromatic rings. The standard InChI is InChI=1S/C18H25Cl2N5O2/c1-4-21-17(23-12-18(2,26)13-10-24-25(3)11-13)22-8-9-27-15-7-5-6-14(19)16(15)20/h5-7,10-11,26H,4,8-9,12H2,1-3H3,(H2,21,22,23). The summed E-state index contributed by atoms with van der Waals surface area (Å²) in [6.07, 6.45) is 3.41. The van der Waals surface area contributed by atoms with Gasteiger partial charge in [-0.3, -0.25) is 4.68 Å². The highest BCUT2D eigenvalue weighted by Gasteiger charge is 2.24. The molecular formula is C18H25Cl2N5O2.